The zero-order chi connectivity index (χ0) is 15.6. The first-order valence-electron chi connectivity index (χ1n) is 6.83. The van der Waals surface area contributed by atoms with Gasteiger partial charge < -0.3 is 10.6 Å². The van der Waals surface area contributed by atoms with Gasteiger partial charge in [0.15, 0.2) is 0 Å². The van der Waals surface area contributed by atoms with Crippen LogP contribution in [0.25, 0.3) is 0 Å². The minimum absolute atomic E-state index is 0.0428. The summed E-state index contributed by atoms with van der Waals surface area (Å²) in [7, 11) is 0. The van der Waals surface area contributed by atoms with E-state index in [-0.39, 0.29) is 18.5 Å². The van der Waals surface area contributed by atoms with E-state index in [1.54, 1.807) is 31.2 Å². The number of imide groups is 1. The van der Waals surface area contributed by atoms with Crippen molar-refractivity contribution >= 4 is 17.8 Å². The molecule has 1 fully saturated rings. The van der Waals surface area contributed by atoms with Crippen molar-refractivity contribution in [2.75, 3.05) is 6.54 Å². The van der Waals surface area contributed by atoms with Crippen LogP contribution in [0.4, 0.5) is 4.79 Å². The van der Waals surface area contributed by atoms with Gasteiger partial charge in [0, 0.05) is 6.04 Å². The Balaban J connectivity index is 2.19. The molecule has 4 amide bonds. The molecule has 0 bridgehead atoms. The second kappa shape index (κ2) is 5.55. The maximum Gasteiger partial charge on any atom is 0.325 e. The third-order valence-corrected chi connectivity index (χ3v) is 3.38. The maximum absolute atomic E-state index is 12.5. The van der Waals surface area contributed by atoms with Crippen molar-refractivity contribution in [3.63, 3.8) is 0 Å². The lowest BCUT2D eigenvalue weighted by Crippen LogP contribution is -2.44. The molecule has 1 saturated heterocycles. The van der Waals surface area contributed by atoms with Crippen molar-refractivity contribution in [2.45, 2.75) is 32.4 Å². The number of carbonyl (C=O) groups excluding carboxylic acids is 3. The normalized spacial score (nSPS) is 21.6. The fourth-order valence-electron chi connectivity index (χ4n) is 2.32. The molecule has 1 aromatic carbocycles. The number of nitrogens with zero attached hydrogens (tertiary/aromatic N) is 1. The molecule has 6 nitrogen and oxygen atoms in total. The van der Waals surface area contributed by atoms with E-state index in [0.717, 1.165) is 4.90 Å². The predicted molar refractivity (Wildman–Crippen MR) is 77.3 cm³/mol. The molecule has 1 aliphatic rings. The molecule has 1 aliphatic heterocycles. The third-order valence-electron chi connectivity index (χ3n) is 3.38. The highest BCUT2D eigenvalue weighted by molar-refractivity contribution is 6.09. The number of amides is 4. The molecule has 0 radical (unpaired) electrons. The zero-order valence-corrected chi connectivity index (χ0v) is 12.3. The van der Waals surface area contributed by atoms with E-state index in [1.807, 2.05) is 19.9 Å². The number of carbonyl (C=O) groups is 3. The SMILES string of the molecule is CC(C)NC(=O)CN1C(=O)N[C@@](C)(c2ccccc2)C1=O. The molecule has 2 rings (SSSR count). The van der Waals surface area contributed by atoms with Gasteiger partial charge in [-0.3, -0.25) is 14.5 Å². The van der Waals surface area contributed by atoms with Gasteiger partial charge in [0.05, 0.1) is 0 Å². The first kappa shape index (κ1) is 15.0. The van der Waals surface area contributed by atoms with Crippen molar-refractivity contribution in [1.29, 1.82) is 0 Å². The first-order valence-corrected chi connectivity index (χ1v) is 6.83. The summed E-state index contributed by atoms with van der Waals surface area (Å²) in [5.74, 6) is -0.775. The van der Waals surface area contributed by atoms with Crippen LogP contribution in [0.3, 0.4) is 0 Å². The van der Waals surface area contributed by atoms with E-state index in [0.29, 0.717) is 5.56 Å². The Morgan fingerprint density at radius 3 is 2.48 bits per heavy atom. The quantitative estimate of drug-likeness (QED) is 0.811. The summed E-state index contributed by atoms with van der Waals surface area (Å²) < 4.78 is 0. The number of benzene rings is 1. The molecule has 0 unspecified atom stereocenters. The molecule has 21 heavy (non-hydrogen) atoms. The number of nitrogens with one attached hydrogen (secondary N) is 2. The van der Waals surface area contributed by atoms with Crippen LogP contribution in [0.5, 0.6) is 0 Å². The van der Waals surface area contributed by atoms with Crippen LogP contribution >= 0.6 is 0 Å². The highest BCUT2D eigenvalue weighted by Crippen LogP contribution is 2.28. The molecule has 1 aromatic rings. The van der Waals surface area contributed by atoms with Gasteiger partial charge in [-0.2, -0.15) is 0 Å². The lowest BCUT2D eigenvalue weighted by molar-refractivity contribution is -0.135. The molecule has 6 heteroatoms. The highest BCUT2D eigenvalue weighted by atomic mass is 16.2. The Morgan fingerprint density at radius 2 is 1.90 bits per heavy atom. The van der Waals surface area contributed by atoms with Crippen molar-refractivity contribution in [1.82, 2.24) is 15.5 Å². The predicted octanol–water partition coefficient (Wildman–Crippen LogP) is 0.978. The van der Waals surface area contributed by atoms with Gasteiger partial charge in [-0.1, -0.05) is 30.3 Å². The summed E-state index contributed by atoms with van der Waals surface area (Å²) in [5, 5.41) is 5.33. The van der Waals surface area contributed by atoms with Crippen LogP contribution in [-0.4, -0.2) is 35.3 Å². The van der Waals surface area contributed by atoms with Crippen molar-refractivity contribution in [3.8, 4) is 0 Å². The van der Waals surface area contributed by atoms with Gasteiger partial charge in [-0.15, -0.1) is 0 Å². The lowest BCUT2D eigenvalue weighted by atomic mass is 9.92. The minimum atomic E-state index is -1.13. The minimum Gasteiger partial charge on any atom is -0.352 e. The number of urea groups is 1. The average Bonchev–Trinajstić information content (AvgIpc) is 2.64. The van der Waals surface area contributed by atoms with E-state index in [9.17, 15) is 14.4 Å². The van der Waals surface area contributed by atoms with Gasteiger partial charge in [0.1, 0.15) is 12.1 Å². The topological polar surface area (TPSA) is 78.5 Å². The Hall–Kier alpha value is -2.37. The van der Waals surface area contributed by atoms with Crippen molar-refractivity contribution in [2.24, 2.45) is 0 Å². The van der Waals surface area contributed by atoms with E-state index >= 15 is 0 Å². The fourth-order valence-corrected chi connectivity index (χ4v) is 2.32. The smallest absolute Gasteiger partial charge is 0.325 e. The summed E-state index contributed by atoms with van der Waals surface area (Å²) in [6.45, 7) is 5.00. The van der Waals surface area contributed by atoms with Crippen molar-refractivity contribution in [3.05, 3.63) is 35.9 Å². The first-order chi connectivity index (χ1) is 9.84. The molecule has 2 N–H and O–H groups in total. The van der Waals surface area contributed by atoms with Crippen molar-refractivity contribution < 1.29 is 14.4 Å². The Kier molecular flexibility index (Phi) is 3.97. The molecule has 112 valence electrons. The van der Waals surface area contributed by atoms with Crippen LogP contribution in [-0.2, 0) is 15.1 Å². The second-order valence-electron chi connectivity index (χ2n) is 5.53. The van der Waals surface area contributed by atoms with Gasteiger partial charge in [-0.25, -0.2) is 4.79 Å². The Morgan fingerprint density at radius 1 is 1.29 bits per heavy atom. The molecular formula is C15H19N3O3. The standard InChI is InChI=1S/C15H19N3O3/c1-10(2)16-12(19)9-18-13(20)15(3,17-14(18)21)11-7-5-4-6-8-11/h4-8,10H,9H2,1-3H3,(H,16,19)(H,17,21)/t15-/m0/s1. The molecule has 0 saturated carbocycles. The van der Waals surface area contributed by atoms with E-state index in [2.05, 4.69) is 10.6 Å². The largest absolute Gasteiger partial charge is 0.352 e. The monoisotopic (exact) mass is 289 g/mol. The van der Waals surface area contributed by atoms with Crippen LogP contribution < -0.4 is 10.6 Å². The number of hydrogen-bond donors (Lipinski definition) is 2. The van der Waals surface area contributed by atoms with Crippen LogP contribution in [0.15, 0.2) is 30.3 Å². The molecule has 1 atom stereocenters. The van der Waals surface area contributed by atoms with E-state index < -0.39 is 17.5 Å². The van der Waals surface area contributed by atoms with Gasteiger partial charge in [0.25, 0.3) is 5.91 Å². The zero-order valence-electron chi connectivity index (χ0n) is 12.3. The van der Waals surface area contributed by atoms with Crippen LogP contribution in [0.1, 0.15) is 26.3 Å². The van der Waals surface area contributed by atoms with Gasteiger partial charge in [-0.05, 0) is 26.3 Å². The number of hydrogen-bond acceptors (Lipinski definition) is 3. The summed E-state index contributed by atoms with van der Waals surface area (Å²) in [6.07, 6.45) is 0. The fraction of sp³-hybridized carbons (Fsp3) is 0.400. The van der Waals surface area contributed by atoms with Gasteiger partial charge >= 0.3 is 6.03 Å². The summed E-state index contributed by atoms with van der Waals surface area (Å²) in [4.78, 5) is 37.2. The van der Waals surface area contributed by atoms with Gasteiger partial charge in [0.2, 0.25) is 5.91 Å². The van der Waals surface area contributed by atoms with E-state index in [4.69, 9.17) is 0 Å². The second-order valence-corrected chi connectivity index (χ2v) is 5.53. The molecule has 0 aromatic heterocycles. The number of rotatable bonds is 4. The third kappa shape index (κ3) is 2.89. The molecule has 0 aliphatic carbocycles. The summed E-state index contributed by atoms with van der Waals surface area (Å²) in [6, 6.07) is 8.39. The Labute approximate surface area is 123 Å². The molecule has 0 spiro atoms. The summed E-state index contributed by atoms with van der Waals surface area (Å²) in [5.41, 5.74) is -0.439. The lowest BCUT2D eigenvalue weighted by Gasteiger charge is -2.22. The summed E-state index contributed by atoms with van der Waals surface area (Å²) >= 11 is 0. The van der Waals surface area contributed by atoms with E-state index in [1.165, 1.54) is 0 Å². The average molecular weight is 289 g/mol. The maximum atomic E-state index is 12.5. The van der Waals surface area contributed by atoms with Crippen LogP contribution in [0, 0.1) is 0 Å². The molecule has 1 heterocycles. The highest BCUT2D eigenvalue weighted by Gasteiger charge is 2.49. The molecular weight excluding hydrogens is 270 g/mol. The Bertz CT molecular complexity index is 571. The van der Waals surface area contributed by atoms with Crippen LogP contribution in [0.2, 0.25) is 0 Å².